The van der Waals surface area contributed by atoms with Crippen LogP contribution in [0.5, 0.6) is 0 Å². The van der Waals surface area contributed by atoms with Gasteiger partial charge >= 0.3 is 0 Å². The average Bonchev–Trinajstić information content (AvgIpc) is 2.09. The van der Waals surface area contributed by atoms with E-state index >= 15 is 0 Å². The molecule has 0 spiro atoms. The summed E-state index contributed by atoms with van der Waals surface area (Å²) < 4.78 is 0. The van der Waals surface area contributed by atoms with E-state index in [0.717, 1.165) is 6.54 Å². The van der Waals surface area contributed by atoms with Crippen molar-refractivity contribution in [2.45, 2.75) is 6.92 Å². The fraction of sp³-hybridized carbons (Fsp3) is 0.429. The van der Waals surface area contributed by atoms with Crippen molar-refractivity contribution in [1.29, 1.82) is 0 Å². The summed E-state index contributed by atoms with van der Waals surface area (Å²) >= 11 is 0. The summed E-state index contributed by atoms with van der Waals surface area (Å²) in [6.45, 7) is 2.71. The Balaban J connectivity index is 2.74. The van der Waals surface area contributed by atoms with Gasteiger partial charge in [-0.15, -0.1) is 0 Å². The molecule has 0 bridgehead atoms. The fourth-order valence-electron chi connectivity index (χ4n) is 0.772. The number of anilines is 1. The lowest BCUT2D eigenvalue weighted by molar-refractivity contribution is 0.166. The van der Waals surface area contributed by atoms with Crippen LogP contribution in [0, 0.1) is 0 Å². The molecule has 0 aliphatic rings. The van der Waals surface area contributed by atoms with E-state index in [-0.39, 0.29) is 0 Å². The summed E-state index contributed by atoms with van der Waals surface area (Å²) in [5.41, 5.74) is 0. The third kappa shape index (κ3) is 1.88. The molecule has 0 aliphatic carbocycles. The maximum Gasteiger partial charge on any atom is 0.249 e. The summed E-state index contributed by atoms with van der Waals surface area (Å²) in [6, 6.07) is 1.77. The van der Waals surface area contributed by atoms with Crippen molar-refractivity contribution in [2.24, 2.45) is 0 Å². The first-order valence-corrected chi connectivity index (χ1v) is 3.47. The van der Waals surface area contributed by atoms with Crippen LogP contribution in [0.3, 0.4) is 0 Å². The van der Waals surface area contributed by atoms with E-state index in [2.05, 4.69) is 9.97 Å². The van der Waals surface area contributed by atoms with Gasteiger partial charge in [0.25, 0.3) is 0 Å². The average molecular weight is 153 g/mol. The van der Waals surface area contributed by atoms with Crippen LogP contribution in [-0.2, 0) is 4.84 Å². The third-order valence-corrected chi connectivity index (χ3v) is 1.28. The molecule has 1 heterocycles. The molecule has 0 radical (unpaired) electrons. The topological polar surface area (TPSA) is 38.2 Å². The Bertz CT molecular complexity index is 198. The van der Waals surface area contributed by atoms with Gasteiger partial charge in [0.2, 0.25) is 5.95 Å². The zero-order valence-corrected chi connectivity index (χ0v) is 6.69. The van der Waals surface area contributed by atoms with Crippen molar-refractivity contribution < 1.29 is 4.84 Å². The minimum absolute atomic E-state index is 0.595. The molecule has 1 aromatic heterocycles. The third-order valence-electron chi connectivity index (χ3n) is 1.28. The quantitative estimate of drug-likeness (QED) is 0.604. The van der Waals surface area contributed by atoms with Gasteiger partial charge in [-0.3, -0.25) is 4.84 Å². The van der Waals surface area contributed by atoms with Gasteiger partial charge in [-0.1, -0.05) is 0 Å². The normalized spacial score (nSPS) is 9.64. The second-order valence-electron chi connectivity index (χ2n) is 1.93. The molecule has 0 fully saturated rings. The van der Waals surface area contributed by atoms with E-state index in [1.54, 1.807) is 30.6 Å². The van der Waals surface area contributed by atoms with Crippen LogP contribution in [0.4, 0.5) is 5.95 Å². The highest BCUT2D eigenvalue weighted by Crippen LogP contribution is 2.02. The number of hydrogen-bond acceptors (Lipinski definition) is 4. The van der Waals surface area contributed by atoms with Crippen molar-refractivity contribution >= 4 is 5.95 Å². The highest BCUT2D eigenvalue weighted by Gasteiger charge is 2.02. The van der Waals surface area contributed by atoms with E-state index in [1.165, 1.54) is 0 Å². The number of nitrogens with zero attached hydrogens (tertiary/aromatic N) is 3. The van der Waals surface area contributed by atoms with Crippen molar-refractivity contribution in [3.8, 4) is 0 Å². The summed E-state index contributed by atoms with van der Waals surface area (Å²) in [6.07, 6.45) is 3.37. The van der Waals surface area contributed by atoms with Gasteiger partial charge in [0.1, 0.15) is 0 Å². The van der Waals surface area contributed by atoms with Crippen LogP contribution in [0.25, 0.3) is 0 Å². The Kier molecular flexibility index (Phi) is 2.80. The predicted octanol–water partition coefficient (Wildman–Crippen LogP) is 0.864. The van der Waals surface area contributed by atoms with Crippen LogP contribution >= 0.6 is 0 Å². The van der Waals surface area contributed by atoms with Gasteiger partial charge in [0.05, 0.1) is 7.11 Å². The molecule has 1 rings (SSSR count). The monoisotopic (exact) mass is 153 g/mol. The van der Waals surface area contributed by atoms with Crippen molar-refractivity contribution in [3.05, 3.63) is 18.5 Å². The predicted molar refractivity (Wildman–Crippen MR) is 42.1 cm³/mol. The van der Waals surface area contributed by atoms with Crippen molar-refractivity contribution in [1.82, 2.24) is 9.97 Å². The van der Waals surface area contributed by atoms with Gasteiger partial charge in [0, 0.05) is 18.9 Å². The van der Waals surface area contributed by atoms with Gasteiger partial charge < -0.3 is 0 Å². The Morgan fingerprint density at radius 1 is 1.45 bits per heavy atom. The molecule has 4 heteroatoms. The maximum atomic E-state index is 4.99. The SMILES string of the molecule is CCN(OC)c1ncccn1. The van der Waals surface area contributed by atoms with Crippen LogP contribution in [0.1, 0.15) is 6.92 Å². The van der Waals surface area contributed by atoms with Crippen LogP contribution in [0.2, 0.25) is 0 Å². The highest BCUT2D eigenvalue weighted by atomic mass is 16.7. The standard InChI is InChI=1S/C7H11N3O/c1-3-10(11-2)7-8-5-4-6-9-7/h4-6H,3H2,1-2H3. The summed E-state index contributed by atoms with van der Waals surface area (Å²) in [5, 5.41) is 1.61. The minimum Gasteiger partial charge on any atom is -0.274 e. The second-order valence-corrected chi connectivity index (χ2v) is 1.93. The van der Waals surface area contributed by atoms with Crippen LogP contribution in [0.15, 0.2) is 18.5 Å². The first kappa shape index (κ1) is 7.94. The lowest BCUT2D eigenvalue weighted by Gasteiger charge is -2.15. The molecule has 0 atom stereocenters. The molecule has 11 heavy (non-hydrogen) atoms. The molecule has 0 N–H and O–H groups in total. The largest absolute Gasteiger partial charge is 0.274 e. The smallest absolute Gasteiger partial charge is 0.249 e. The molecular formula is C7H11N3O. The summed E-state index contributed by atoms with van der Waals surface area (Å²) in [7, 11) is 1.60. The first-order valence-electron chi connectivity index (χ1n) is 3.47. The van der Waals surface area contributed by atoms with Crippen molar-refractivity contribution in [3.63, 3.8) is 0 Å². The molecule has 0 amide bonds. The molecule has 0 saturated carbocycles. The second kappa shape index (κ2) is 3.88. The Labute approximate surface area is 65.8 Å². The molecule has 0 aromatic carbocycles. The van der Waals surface area contributed by atoms with E-state index in [4.69, 9.17) is 4.84 Å². The van der Waals surface area contributed by atoms with Gasteiger partial charge in [-0.05, 0) is 13.0 Å². The van der Waals surface area contributed by atoms with E-state index in [1.807, 2.05) is 6.92 Å². The molecule has 1 aromatic rings. The van der Waals surface area contributed by atoms with Crippen LogP contribution in [-0.4, -0.2) is 23.6 Å². The molecular weight excluding hydrogens is 142 g/mol. The number of aromatic nitrogens is 2. The molecule has 0 aliphatic heterocycles. The molecule has 0 saturated heterocycles. The Morgan fingerprint density at radius 2 is 2.09 bits per heavy atom. The number of hydroxylamine groups is 1. The molecule has 0 unspecified atom stereocenters. The fourth-order valence-corrected chi connectivity index (χ4v) is 0.772. The van der Waals surface area contributed by atoms with E-state index < -0.39 is 0 Å². The molecule has 60 valence electrons. The zero-order chi connectivity index (χ0) is 8.10. The van der Waals surface area contributed by atoms with Gasteiger partial charge in [-0.25, -0.2) is 15.0 Å². The first-order chi connectivity index (χ1) is 5.38. The van der Waals surface area contributed by atoms with E-state index in [0.29, 0.717) is 5.95 Å². The Morgan fingerprint density at radius 3 is 2.55 bits per heavy atom. The molecule has 4 nitrogen and oxygen atoms in total. The lowest BCUT2D eigenvalue weighted by Crippen LogP contribution is -2.22. The maximum absolute atomic E-state index is 4.99. The number of hydrogen-bond donors (Lipinski definition) is 0. The highest BCUT2D eigenvalue weighted by molar-refractivity contribution is 5.22. The van der Waals surface area contributed by atoms with Crippen LogP contribution < -0.4 is 5.06 Å². The Hall–Kier alpha value is -1.16. The zero-order valence-electron chi connectivity index (χ0n) is 6.69. The summed E-state index contributed by atoms with van der Waals surface area (Å²) in [4.78, 5) is 13.0. The number of rotatable bonds is 3. The minimum atomic E-state index is 0.595. The lowest BCUT2D eigenvalue weighted by atomic mass is 10.6. The van der Waals surface area contributed by atoms with Crippen molar-refractivity contribution in [2.75, 3.05) is 18.7 Å². The summed E-state index contributed by atoms with van der Waals surface area (Å²) in [5.74, 6) is 0.595. The van der Waals surface area contributed by atoms with E-state index in [9.17, 15) is 0 Å². The van der Waals surface area contributed by atoms with Gasteiger partial charge in [-0.2, -0.15) is 0 Å². The van der Waals surface area contributed by atoms with Gasteiger partial charge in [0.15, 0.2) is 0 Å².